The fourth-order valence-corrected chi connectivity index (χ4v) is 2.66. The average Bonchev–Trinajstić information content (AvgIpc) is 2.52. The second-order valence-corrected chi connectivity index (χ2v) is 6.82. The lowest BCUT2D eigenvalue weighted by molar-refractivity contribution is 0.611. The summed E-state index contributed by atoms with van der Waals surface area (Å²) in [6.45, 7) is 6.03. The molecule has 0 spiro atoms. The van der Waals surface area contributed by atoms with E-state index in [1.54, 1.807) is 0 Å². The van der Waals surface area contributed by atoms with Crippen LogP contribution in [0.1, 0.15) is 77.6 Å². The van der Waals surface area contributed by atoms with Crippen molar-refractivity contribution in [3.63, 3.8) is 0 Å². The first-order valence-corrected chi connectivity index (χ1v) is 9.82. The second kappa shape index (κ2) is 18.4. The third-order valence-electron chi connectivity index (χ3n) is 3.71. The summed E-state index contributed by atoms with van der Waals surface area (Å²) in [6.07, 6.45) is 29.6. The molecular formula is C21H37P. The van der Waals surface area contributed by atoms with E-state index in [1.807, 2.05) is 6.08 Å². The Morgan fingerprint density at radius 2 is 1.64 bits per heavy atom. The molecule has 0 aliphatic carbocycles. The maximum absolute atomic E-state index is 3.75. The highest BCUT2D eigenvalue weighted by Gasteiger charge is 1.94. The average molecular weight is 321 g/mol. The molecule has 0 saturated heterocycles. The third kappa shape index (κ3) is 17.4. The molecule has 0 N–H and O–H groups in total. The Morgan fingerprint density at radius 3 is 2.41 bits per heavy atom. The van der Waals surface area contributed by atoms with Gasteiger partial charge in [0.15, 0.2) is 0 Å². The van der Waals surface area contributed by atoms with Crippen LogP contribution >= 0.6 is 9.24 Å². The van der Waals surface area contributed by atoms with Crippen molar-refractivity contribution in [3.8, 4) is 0 Å². The Kier molecular flexibility index (Phi) is 17.9. The van der Waals surface area contributed by atoms with E-state index in [1.165, 1.54) is 57.8 Å². The number of unbranched alkanes of at least 4 members (excludes halogenated alkanes) is 7. The Bertz CT molecular complexity index is 312. The van der Waals surface area contributed by atoms with Gasteiger partial charge in [0.25, 0.3) is 0 Å². The van der Waals surface area contributed by atoms with Crippen LogP contribution in [-0.2, 0) is 0 Å². The van der Waals surface area contributed by atoms with E-state index >= 15 is 0 Å². The van der Waals surface area contributed by atoms with Crippen molar-refractivity contribution in [1.82, 2.24) is 0 Å². The largest absolute Gasteiger partial charge is 0.130 e. The minimum absolute atomic E-state index is 0.591. The second-order valence-electron chi connectivity index (χ2n) is 5.96. The van der Waals surface area contributed by atoms with Crippen LogP contribution in [0.15, 0.2) is 49.1 Å². The summed E-state index contributed by atoms with van der Waals surface area (Å²) in [5.41, 5.74) is 0.591. The highest BCUT2D eigenvalue weighted by atomic mass is 31.0. The van der Waals surface area contributed by atoms with Crippen LogP contribution in [0.2, 0.25) is 0 Å². The fourth-order valence-electron chi connectivity index (χ4n) is 2.29. The number of hydrogen-bond donors (Lipinski definition) is 0. The van der Waals surface area contributed by atoms with Crippen LogP contribution in [0, 0.1) is 0 Å². The molecule has 0 heterocycles. The molecule has 0 nitrogen and oxygen atoms in total. The van der Waals surface area contributed by atoms with E-state index in [4.69, 9.17) is 0 Å². The van der Waals surface area contributed by atoms with E-state index in [0.717, 1.165) is 12.8 Å². The summed E-state index contributed by atoms with van der Waals surface area (Å²) in [5, 5.41) is 0. The van der Waals surface area contributed by atoms with Gasteiger partial charge in [-0.25, -0.2) is 0 Å². The van der Waals surface area contributed by atoms with E-state index in [2.05, 4.69) is 59.2 Å². The predicted octanol–water partition coefficient (Wildman–Crippen LogP) is 7.40. The fraction of sp³-hybridized carbons (Fsp3) is 0.619. The van der Waals surface area contributed by atoms with Gasteiger partial charge in [-0.15, -0.1) is 15.8 Å². The Hall–Kier alpha value is -0.610. The molecule has 0 fully saturated rings. The van der Waals surface area contributed by atoms with Crippen LogP contribution in [0.25, 0.3) is 0 Å². The first kappa shape index (κ1) is 21.4. The van der Waals surface area contributed by atoms with Gasteiger partial charge in [0.1, 0.15) is 0 Å². The number of allylic oxidation sites excluding steroid dienone is 7. The molecule has 0 bridgehead atoms. The van der Waals surface area contributed by atoms with Gasteiger partial charge in [0.2, 0.25) is 0 Å². The van der Waals surface area contributed by atoms with Gasteiger partial charge < -0.3 is 0 Å². The third-order valence-corrected chi connectivity index (χ3v) is 4.27. The summed E-state index contributed by atoms with van der Waals surface area (Å²) in [4.78, 5) is 0. The topological polar surface area (TPSA) is 0 Å². The molecule has 0 aromatic heterocycles. The summed E-state index contributed by atoms with van der Waals surface area (Å²) < 4.78 is 0. The molecule has 22 heavy (non-hydrogen) atoms. The number of rotatable bonds is 15. The maximum Gasteiger partial charge on any atom is -0.00825 e. The Balaban J connectivity index is 3.44. The lowest BCUT2D eigenvalue weighted by atomic mass is 10.1. The molecular weight excluding hydrogens is 283 g/mol. The summed E-state index contributed by atoms with van der Waals surface area (Å²) in [7, 11) is 2.90. The summed E-state index contributed by atoms with van der Waals surface area (Å²) in [6, 6.07) is 0. The van der Waals surface area contributed by atoms with Crippen molar-refractivity contribution >= 4 is 9.24 Å². The highest BCUT2D eigenvalue weighted by Crippen LogP contribution is 2.11. The molecule has 0 amide bonds. The van der Waals surface area contributed by atoms with Crippen LogP contribution in [0.4, 0.5) is 0 Å². The first-order valence-electron chi connectivity index (χ1n) is 9.16. The normalized spacial score (nSPS) is 13.5. The van der Waals surface area contributed by atoms with Crippen molar-refractivity contribution in [1.29, 1.82) is 0 Å². The minimum atomic E-state index is 0.591. The van der Waals surface area contributed by atoms with E-state index < -0.39 is 0 Å². The van der Waals surface area contributed by atoms with Gasteiger partial charge in [-0.2, -0.15) is 0 Å². The van der Waals surface area contributed by atoms with Crippen molar-refractivity contribution < 1.29 is 0 Å². The van der Waals surface area contributed by atoms with Crippen molar-refractivity contribution in [2.75, 3.05) is 0 Å². The minimum Gasteiger partial charge on any atom is -0.130 e. The molecule has 1 heteroatoms. The lowest BCUT2D eigenvalue weighted by Gasteiger charge is -2.02. The van der Waals surface area contributed by atoms with E-state index in [-0.39, 0.29) is 0 Å². The molecule has 0 aromatic rings. The summed E-state index contributed by atoms with van der Waals surface area (Å²) in [5.74, 6) is 0. The van der Waals surface area contributed by atoms with Gasteiger partial charge in [-0.05, 0) is 44.2 Å². The van der Waals surface area contributed by atoms with Gasteiger partial charge in [0.05, 0.1) is 0 Å². The molecule has 126 valence electrons. The molecule has 0 saturated carbocycles. The standard InChI is InChI=1S/C21H37P/c1-3-5-7-8-9-10-11-12-13-14-15-16-18-20-21(22)19-17-6-4-2/h4,12-13,15-16,18,20-21H,2-3,5-11,14,17,19,22H2,1H3/b13-12-,16-15-,20-18+. The summed E-state index contributed by atoms with van der Waals surface area (Å²) >= 11 is 0. The lowest BCUT2D eigenvalue weighted by Crippen LogP contribution is -1.90. The van der Waals surface area contributed by atoms with E-state index in [9.17, 15) is 0 Å². The first-order chi connectivity index (χ1) is 10.8. The maximum atomic E-state index is 3.75. The molecule has 2 atom stereocenters. The number of hydrogen-bond acceptors (Lipinski definition) is 0. The van der Waals surface area contributed by atoms with Crippen LogP contribution < -0.4 is 0 Å². The van der Waals surface area contributed by atoms with Gasteiger partial charge >= 0.3 is 0 Å². The zero-order chi connectivity index (χ0) is 16.3. The molecule has 0 aromatic carbocycles. The van der Waals surface area contributed by atoms with Crippen molar-refractivity contribution in [3.05, 3.63) is 49.1 Å². The van der Waals surface area contributed by atoms with Gasteiger partial charge in [0, 0.05) is 0 Å². The van der Waals surface area contributed by atoms with Crippen LogP contribution in [-0.4, -0.2) is 5.66 Å². The SMILES string of the molecule is C=CCCCC(P)/C=C/C=C\C/C=C\CCCCCCCC. The van der Waals surface area contributed by atoms with Crippen molar-refractivity contribution in [2.24, 2.45) is 0 Å². The monoisotopic (exact) mass is 320 g/mol. The van der Waals surface area contributed by atoms with Crippen molar-refractivity contribution in [2.45, 2.75) is 83.2 Å². The molecule has 0 aliphatic heterocycles. The molecule has 0 radical (unpaired) electrons. The van der Waals surface area contributed by atoms with Crippen LogP contribution in [0.5, 0.6) is 0 Å². The predicted molar refractivity (Wildman–Crippen MR) is 108 cm³/mol. The quantitative estimate of drug-likeness (QED) is 0.128. The zero-order valence-electron chi connectivity index (χ0n) is 14.7. The zero-order valence-corrected chi connectivity index (χ0v) is 15.8. The van der Waals surface area contributed by atoms with Crippen LogP contribution in [0.3, 0.4) is 0 Å². The Morgan fingerprint density at radius 1 is 0.864 bits per heavy atom. The molecule has 0 aliphatic rings. The molecule has 0 rings (SSSR count). The Labute approximate surface area is 142 Å². The molecule has 2 unspecified atom stereocenters. The van der Waals surface area contributed by atoms with Gasteiger partial charge in [-0.3, -0.25) is 0 Å². The highest BCUT2D eigenvalue weighted by molar-refractivity contribution is 7.17. The smallest absolute Gasteiger partial charge is 0.00825 e. The van der Waals surface area contributed by atoms with E-state index in [0.29, 0.717) is 5.66 Å². The van der Waals surface area contributed by atoms with Gasteiger partial charge in [-0.1, -0.05) is 81.6 Å².